The predicted octanol–water partition coefficient (Wildman–Crippen LogP) is 11.4. The largest absolute Gasteiger partial charge is 0.474 e. The van der Waals surface area contributed by atoms with Gasteiger partial charge < -0.3 is 54.2 Å². The molecule has 0 atom stereocenters. The summed E-state index contributed by atoms with van der Waals surface area (Å²) in [6.45, 7) is 6.29. The zero-order valence-electron chi connectivity index (χ0n) is 58.3. The first kappa shape index (κ1) is 72.5. The van der Waals surface area contributed by atoms with Crippen molar-refractivity contribution in [2.24, 2.45) is 0 Å². The minimum absolute atomic E-state index is 0.0949. The number of carbonyl (C=O) groups is 6. The van der Waals surface area contributed by atoms with E-state index in [1.54, 1.807) is 35.9 Å². The first-order valence-electron chi connectivity index (χ1n) is 33.5. The first-order chi connectivity index (χ1) is 47.7. The highest BCUT2D eigenvalue weighted by Gasteiger charge is 2.31. The molecule has 2 aromatic heterocycles. The number of nitrogens with zero attached hydrogens (tertiary/aromatic N) is 8. The number of aromatic nitrogens is 2. The molecule has 21 heteroatoms. The fraction of sp³-hybridized carbons (Fsp3) is 0.333. The van der Waals surface area contributed by atoms with Crippen molar-refractivity contribution in [3.63, 3.8) is 0 Å². The molecule has 2 N–H and O–H groups in total. The summed E-state index contributed by atoms with van der Waals surface area (Å²) in [5, 5.41) is 5.87. The molecule has 0 unspecified atom stereocenters. The first-order valence-corrected chi connectivity index (χ1v) is 33.5. The molecular formula is C78H90N10O11. The number of pyridine rings is 2. The highest BCUT2D eigenvalue weighted by atomic mass is 17.2. The van der Waals surface area contributed by atoms with Gasteiger partial charge in [-0.3, -0.25) is 24.1 Å². The van der Waals surface area contributed by atoms with E-state index in [1.165, 1.54) is 30.3 Å². The third-order valence-corrected chi connectivity index (χ3v) is 17.2. The minimum atomic E-state index is -0.745. The average Bonchev–Trinajstić information content (AvgIpc) is 0.844. The summed E-state index contributed by atoms with van der Waals surface area (Å²) in [4.78, 5) is 110. The summed E-state index contributed by atoms with van der Waals surface area (Å²) in [6.07, 6.45) is 7.05. The normalized spacial score (nSPS) is 13.0. The number of esters is 1. The van der Waals surface area contributed by atoms with Crippen LogP contribution < -0.4 is 39.7 Å². The van der Waals surface area contributed by atoms with Crippen molar-refractivity contribution in [2.75, 3.05) is 128 Å². The van der Waals surface area contributed by atoms with Crippen LogP contribution in [0.2, 0.25) is 0 Å². The van der Waals surface area contributed by atoms with Crippen LogP contribution in [0.1, 0.15) is 113 Å². The van der Waals surface area contributed by atoms with Gasteiger partial charge in [0.25, 0.3) is 23.6 Å². The molecule has 10 rings (SSSR count). The topological polar surface area (TPSA) is 218 Å². The van der Waals surface area contributed by atoms with Crippen LogP contribution in [0.5, 0.6) is 11.8 Å². The Labute approximate surface area is 580 Å². The molecule has 2 saturated heterocycles. The fourth-order valence-electron chi connectivity index (χ4n) is 11.4. The van der Waals surface area contributed by atoms with Crippen molar-refractivity contribution in [3.05, 3.63) is 215 Å². The maximum Gasteiger partial charge on any atom is 0.373 e. The van der Waals surface area contributed by atoms with E-state index < -0.39 is 23.8 Å². The summed E-state index contributed by atoms with van der Waals surface area (Å²) in [6, 6.07) is 49.4. The van der Waals surface area contributed by atoms with Crippen LogP contribution in [0.15, 0.2) is 170 Å². The maximum absolute atomic E-state index is 13.9. The van der Waals surface area contributed by atoms with Gasteiger partial charge in [0.15, 0.2) is 0 Å². The van der Waals surface area contributed by atoms with E-state index in [0.29, 0.717) is 89.6 Å². The van der Waals surface area contributed by atoms with Gasteiger partial charge in [-0.05, 0) is 146 Å². The van der Waals surface area contributed by atoms with E-state index in [4.69, 9.17) is 24.0 Å². The van der Waals surface area contributed by atoms with Gasteiger partial charge in [0.1, 0.15) is 12.2 Å². The Morgan fingerprint density at radius 1 is 0.424 bits per heavy atom. The zero-order chi connectivity index (χ0) is 70.5. The SMILES string of the molecule is CCOC(=O)c1ccc(C(=O)N2CCC(Oc3ccc(-c4ccc(N(C)C)cc4)cn3)CC2)c(C(=O)NCCc2ccc(N(C)C)cc2)c1.CCOOC(=O)c1ccc(C(=O)NCCc2ccc(N(C)C)cc2)c(C(=O)N2CCC(Oc3ccc(-c4ccc(N(C)C)cc4)cn3)CC2)c1. The van der Waals surface area contributed by atoms with Crippen LogP contribution in [0, 0.1) is 0 Å². The lowest BCUT2D eigenvalue weighted by molar-refractivity contribution is -0.236. The molecular weight excluding hydrogens is 1250 g/mol. The number of anilines is 4. The Hall–Kier alpha value is -10.8. The summed E-state index contributed by atoms with van der Waals surface area (Å²) in [5.74, 6) is -1.64. The van der Waals surface area contributed by atoms with Gasteiger partial charge in [-0.2, -0.15) is 4.89 Å². The Bertz CT molecular complexity index is 4000. The van der Waals surface area contributed by atoms with Crippen LogP contribution in [-0.4, -0.2) is 176 Å². The number of rotatable bonds is 25. The van der Waals surface area contributed by atoms with Crippen molar-refractivity contribution in [1.29, 1.82) is 0 Å². The molecule has 4 amide bonds. The molecule has 2 fully saturated rings. The van der Waals surface area contributed by atoms with Gasteiger partial charge in [-0.25, -0.2) is 19.6 Å². The van der Waals surface area contributed by atoms with Crippen LogP contribution in [0.25, 0.3) is 22.3 Å². The average molecular weight is 1340 g/mol. The van der Waals surface area contributed by atoms with Gasteiger partial charge in [0, 0.05) is 180 Å². The lowest BCUT2D eigenvalue weighted by Gasteiger charge is -2.32. The van der Waals surface area contributed by atoms with E-state index in [0.717, 1.165) is 56.1 Å². The molecule has 21 nitrogen and oxygen atoms in total. The van der Waals surface area contributed by atoms with Crippen molar-refractivity contribution in [2.45, 2.75) is 64.6 Å². The number of likely N-dealkylation sites (tertiary alicyclic amines) is 2. The quantitative estimate of drug-likeness (QED) is 0.0309. The molecule has 2 aliphatic heterocycles. The van der Waals surface area contributed by atoms with Crippen molar-refractivity contribution in [1.82, 2.24) is 30.4 Å². The highest BCUT2D eigenvalue weighted by molar-refractivity contribution is 6.10. The molecule has 2 aliphatic rings. The van der Waals surface area contributed by atoms with E-state index in [2.05, 4.69) is 78.9 Å². The molecule has 0 saturated carbocycles. The zero-order valence-corrected chi connectivity index (χ0v) is 58.3. The summed E-state index contributed by atoms with van der Waals surface area (Å²) >= 11 is 0. The molecule has 8 aromatic rings. The number of hydrogen-bond donors (Lipinski definition) is 2. The highest BCUT2D eigenvalue weighted by Crippen LogP contribution is 2.29. The van der Waals surface area contributed by atoms with Crippen LogP contribution in [0.4, 0.5) is 22.7 Å². The molecule has 99 heavy (non-hydrogen) atoms. The van der Waals surface area contributed by atoms with Crippen LogP contribution >= 0.6 is 0 Å². The van der Waals surface area contributed by atoms with Crippen molar-refractivity contribution < 1.29 is 52.8 Å². The molecule has 518 valence electrons. The minimum Gasteiger partial charge on any atom is -0.474 e. The van der Waals surface area contributed by atoms with Crippen molar-refractivity contribution >= 4 is 58.3 Å². The molecule has 0 aliphatic carbocycles. The van der Waals surface area contributed by atoms with Crippen molar-refractivity contribution in [3.8, 4) is 34.0 Å². The van der Waals surface area contributed by atoms with Gasteiger partial charge in [0.05, 0.1) is 46.6 Å². The lowest BCUT2D eigenvalue weighted by Crippen LogP contribution is -2.42. The van der Waals surface area contributed by atoms with E-state index in [-0.39, 0.29) is 70.6 Å². The van der Waals surface area contributed by atoms with E-state index in [1.807, 2.05) is 145 Å². The number of benzene rings is 6. The number of piperidine rings is 2. The van der Waals surface area contributed by atoms with Crippen LogP contribution in [0.3, 0.4) is 0 Å². The van der Waals surface area contributed by atoms with Crippen LogP contribution in [-0.2, 0) is 27.4 Å². The summed E-state index contributed by atoms with van der Waals surface area (Å²) in [7, 11) is 16.0. The third-order valence-electron chi connectivity index (χ3n) is 17.2. The Morgan fingerprint density at radius 2 is 0.798 bits per heavy atom. The molecule has 0 spiro atoms. The summed E-state index contributed by atoms with van der Waals surface area (Å²) < 4.78 is 17.5. The van der Waals surface area contributed by atoms with E-state index in [9.17, 15) is 28.8 Å². The van der Waals surface area contributed by atoms with Gasteiger partial charge >= 0.3 is 11.9 Å². The number of amides is 4. The number of ether oxygens (including phenoxy) is 3. The Balaban J connectivity index is 0.000000231. The fourth-order valence-corrected chi connectivity index (χ4v) is 11.4. The predicted molar refractivity (Wildman–Crippen MR) is 387 cm³/mol. The molecule has 4 heterocycles. The Kier molecular flexibility index (Phi) is 25.6. The second kappa shape index (κ2) is 34.9. The van der Waals surface area contributed by atoms with Gasteiger partial charge in [0.2, 0.25) is 11.8 Å². The number of carbonyl (C=O) groups excluding carboxylic acids is 6. The standard InChI is InChI=1S/C39H45N5O6.C39H45N5O5/c1-6-48-50-39(47)29-11-17-34(37(45)40-22-19-27-7-13-31(14-8-27)42(2)3)35(25-29)38(46)44-23-20-33(21-24-44)49-36-18-12-30(26-41-36)28-9-15-32(16-10-28)43(4)5;1-6-48-39(47)29-11-17-34(35(25-29)37(45)40-22-19-27-7-13-31(14-8-27)42(2)3)38(46)44-23-20-33(21-24-44)49-36-18-12-30(26-41-36)28-9-15-32(16-10-28)43(4)5/h7-18,25-26,33H,6,19-24H2,1-5H3,(H,40,45);7-18,25-26,33H,6,19-24H2,1-5H3,(H,40,45). The molecule has 6 aromatic carbocycles. The third kappa shape index (κ3) is 19.9. The Morgan fingerprint density at radius 3 is 1.19 bits per heavy atom. The summed E-state index contributed by atoms with van der Waals surface area (Å²) in [5.41, 5.74) is 11.8. The van der Waals surface area contributed by atoms with E-state index >= 15 is 0 Å². The van der Waals surface area contributed by atoms with Gasteiger partial charge in [-0.1, -0.05) is 48.5 Å². The number of hydrogen-bond acceptors (Lipinski definition) is 17. The maximum atomic E-state index is 13.9. The second-order valence-corrected chi connectivity index (χ2v) is 25.0. The molecule has 0 radical (unpaired) electrons. The smallest absolute Gasteiger partial charge is 0.373 e. The van der Waals surface area contributed by atoms with Gasteiger partial charge in [-0.15, -0.1) is 0 Å². The lowest BCUT2D eigenvalue weighted by atomic mass is 10.00. The monoisotopic (exact) mass is 1340 g/mol. The number of nitrogens with one attached hydrogen (secondary N) is 2. The second-order valence-electron chi connectivity index (χ2n) is 25.0. The molecule has 0 bridgehead atoms.